The molecular formula is C6H15ClOSi. The summed E-state index contributed by atoms with van der Waals surface area (Å²) in [5, 5.41) is 0. The number of hydrogen-bond acceptors (Lipinski definition) is 1. The zero-order valence-electron chi connectivity index (χ0n) is 6.36. The first-order valence-corrected chi connectivity index (χ1v) is 6.06. The summed E-state index contributed by atoms with van der Waals surface area (Å²) in [6.45, 7) is 6.46. The Morgan fingerprint density at radius 2 is 2.00 bits per heavy atom. The standard InChI is InChI=1S/C6H15ClOSi/c1-5(2)4-6(3)8-9-7/h5-6H,4,9H2,1-3H3. The fourth-order valence-electron chi connectivity index (χ4n) is 0.839. The average molecular weight is 167 g/mol. The molecule has 0 fully saturated rings. The van der Waals surface area contributed by atoms with E-state index in [0.717, 1.165) is 12.3 Å². The zero-order chi connectivity index (χ0) is 7.28. The fraction of sp³-hybridized carbons (Fsp3) is 1.00. The minimum atomic E-state index is -0.704. The Balaban J connectivity index is 3.15. The van der Waals surface area contributed by atoms with Gasteiger partial charge in [-0.3, -0.25) is 0 Å². The molecule has 0 aromatic heterocycles. The summed E-state index contributed by atoms with van der Waals surface area (Å²) >= 11 is 5.50. The molecule has 0 aliphatic rings. The van der Waals surface area contributed by atoms with E-state index in [0.29, 0.717) is 6.10 Å². The van der Waals surface area contributed by atoms with E-state index in [-0.39, 0.29) is 0 Å². The Hall–Kier alpha value is 0.467. The molecule has 3 heteroatoms. The Morgan fingerprint density at radius 3 is 2.33 bits per heavy atom. The summed E-state index contributed by atoms with van der Waals surface area (Å²) in [7, 11) is -0.704. The first-order chi connectivity index (χ1) is 4.16. The maximum absolute atomic E-state index is 5.50. The molecule has 0 radical (unpaired) electrons. The molecule has 0 spiro atoms. The third-order valence-electron chi connectivity index (χ3n) is 1.15. The molecule has 0 aromatic rings. The fourth-order valence-corrected chi connectivity index (χ4v) is 1.84. The highest BCUT2D eigenvalue weighted by Crippen LogP contribution is 2.06. The van der Waals surface area contributed by atoms with Crippen LogP contribution in [0.25, 0.3) is 0 Å². The maximum Gasteiger partial charge on any atom is 0.258 e. The van der Waals surface area contributed by atoms with Gasteiger partial charge in [-0.05, 0) is 19.3 Å². The van der Waals surface area contributed by atoms with E-state index in [4.69, 9.17) is 15.5 Å². The van der Waals surface area contributed by atoms with Crippen LogP contribution in [-0.4, -0.2) is 15.2 Å². The SMILES string of the molecule is CC(C)CC(C)O[SiH2]Cl. The lowest BCUT2D eigenvalue weighted by atomic mass is 10.1. The smallest absolute Gasteiger partial charge is 0.258 e. The lowest BCUT2D eigenvalue weighted by molar-refractivity contribution is 0.208. The minimum Gasteiger partial charge on any atom is -0.405 e. The van der Waals surface area contributed by atoms with Crippen LogP contribution in [0.1, 0.15) is 27.2 Å². The third kappa shape index (κ3) is 6.35. The molecule has 0 saturated carbocycles. The van der Waals surface area contributed by atoms with Crippen molar-refractivity contribution in [2.75, 3.05) is 0 Å². The Labute approximate surface area is 64.4 Å². The van der Waals surface area contributed by atoms with E-state index < -0.39 is 9.07 Å². The third-order valence-corrected chi connectivity index (χ3v) is 2.22. The zero-order valence-corrected chi connectivity index (χ0v) is 8.53. The predicted molar refractivity (Wildman–Crippen MR) is 44.4 cm³/mol. The van der Waals surface area contributed by atoms with Crippen molar-refractivity contribution < 1.29 is 4.43 Å². The van der Waals surface area contributed by atoms with Crippen LogP contribution in [0.2, 0.25) is 0 Å². The van der Waals surface area contributed by atoms with Crippen molar-refractivity contribution in [3.8, 4) is 0 Å². The summed E-state index contributed by atoms with van der Waals surface area (Å²) in [4.78, 5) is 0. The van der Waals surface area contributed by atoms with E-state index in [1.54, 1.807) is 0 Å². The van der Waals surface area contributed by atoms with Crippen LogP contribution in [0.4, 0.5) is 0 Å². The molecule has 0 saturated heterocycles. The molecule has 1 nitrogen and oxygen atoms in total. The molecule has 0 aliphatic carbocycles. The second kappa shape index (κ2) is 5.27. The first kappa shape index (κ1) is 9.47. The van der Waals surface area contributed by atoms with Gasteiger partial charge in [0.2, 0.25) is 0 Å². The van der Waals surface area contributed by atoms with Crippen molar-refractivity contribution in [2.45, 2.75) is 33.3 Å². The topological polar surface area (TPSA) is 9.23 Å². The largest absolute Gasteiger partial charge is 0.405 e. The van der Waals surface area contributed by atoms with Crippen LogP contribution >= 0.6 is 11.1 Å². The van der Waals surface area contributed by atoms with E-state index in [1.807, 2.05) is 0 Å². The highest BCUT2D eigenvalue weighted by Gasteiger charge is 2.02. The number of halogens is 1. The number of rotatable bonds is 4. The van der Waals surface area contributed by atoms with Gasteiger partial charge in [0.05, 0.1) is 0 Å². The summed E-state index contributed by atoms with van der Waals surface area (Å²) < 4.78 is 5.26. The van der Waals surface area contributed by atoms with Crippen molar-refractivity contribution in [1.82, 2.24) is 0 Å². The Bertz CT molecular complexity index is 68.1. The van der Waals surface area contributed by atoms with Crippen molar-refractivity contribution in [3.63, 3.8) is 0 Å². The van der Waals surface area contributed by atoms with Gasteiger partial charge < -0.3 is 4.43 Å². The predicted octanol–water partition coefficient (Wildman–Crippen LogP) is 1.68. The lowest BCUT2D eigenvalue weighted by Gasteiger charge is -2.12. The Kier molecular flexibility index (Phi) is 5.54. The molecular weight excluding hydrogens is 152 g/mol. The summed E-state index contributed by atoms with van der Waals surface area (Å²) in [6.07, 6.45) is 1.49. The molecule has 9 heavy (non-hydrogen) atoms. The molecule has 1 atom stereocenters. The summed E-state index contributed by atoms with van der Waals surface area (Å²) in [5.41, 5.74) is 0. The second-order valence-corrected chi connectivity index (χ2v) is 3.92. The minimum absolute atomic E-state index is 0.370. The van der Waals surface area contributed by atoms with Crippen molar-refractivity contribution >= 4 is 20.2 Å². The van der Waals surface area contributed by atoms with Gasteiger partial charge in [0.15, 0.2) is 0 Å². The molecule has 0 rings (SSSR count). The molecule has 0 amide bonds. The van der Waals surface area contributed by atoms with Crippen LogP contribution in [-0.2, 0) is 4.43 Å². The summed E-state index contributed by atoms with van der Waals surface area (Å²) in [5.74, 6) is 0.720. The van der Waals surface area contributed by atoms with Gasteiger partial charge in [-0.25, -0.2) is 0 Å². The van der Waals surface area contributed by atoms with Crippen molar-refractivity contribution in [2.24, 2.45) is 5.92 Å². The van der Waals surface area contributed by atoms with Crippen molar-refractivity contribution in [3.05, 3.63) is 0 Å². The van der Waals surface area contributed by atoms with Gasteiger partial charge in [0, 0.05) is 6.10 Å². The van der Waals surface area contributed by atoms with E-state index in [2.05, 4.69) is 20.8 Å². The van der Waals surface area contributed by atoms with Crippen LogP contribution < -0.4 is 0 Å². The van der Waals surface area contributed by atoms with E-state index in [1.165, 1.54) is 0 Å². The number of hydrogen-bond donors (Lipinski definition) is 0. The molecule has 0 bridgehead atoms. The van der Waals surface area contributed by atoms with E-state index in [9.17, 15) is 0 Å². The first-order valence-electron chi connectivity index (χ1n) is 3.34. The van der Waals surface area contributed by atoms with Crippen LogP contribution in [0.3, 0.4) is 0 Å². The molecule has 0 heterocycles. The molecule has 1 unspecified atom stereocenters. The van der Waals surface area contributed by atoms with Crippen LogP contribution in [0, 0.1) is 5.92 Å². The van der Waals surface area contributed by atoms with Gasteiger partial charge in [-0.15, -0.1) is 11.1 Å². The van der Waals surface area contributed by atoms with Crippen molar-refractivity contribution in [1.29, 1.82) is 0 Å². The quantitative estimate of drug-likeness (QED) is 0.456. The molecule has 0 aliphatic heterocycles. The highest BCUT2D eigenvalue weighted by atomic mass is 35.6. The average Bonchev–Trinajstić information content (AvgIpc) is 1.63. The molecule has 0 N–H and O–H groups in total. The lowest BCUT2D eigenvalue weighted by Crippen LogP contribution is -2.11. The van der Waals surface area contributed by atoms with Gasteiger partial charge >= 0.3 is 0 Å². The van der Waals surface area contributed by atoms with Crippen LogP contribution in [0.5, 0.6) is 0 Å². The summed E-state index contributed by atoms with van der Waals surface area (Å²) in [6, 6.07) is 0. The Morgan fingerprint density at radius 1 is 1.44 bits per heavy atom. The second-order valence-electron chi connectivity index (χ2n) is 2.72. The molecule has 0 aromatic carbocycles. The molecule has 56 valence electrons. The monoisotopic (exact) mass is 166 g/mol. The highest BCUT2D eigenvalue weighted by molar-refractivity contribution is 6.89. The van der Waals surface area contributed by atoms with E-state index >= 15 is 0 Å². The van der Waals surface area contributed by atoms with Gasteiger partial charge in [0.25, 0.3) is 9.07 Å². The van der Waals surface area contributed by atoms with Crippen LogP contribution in [0.15, 0.2) is 0 Å². The maximum atomic E-state index is 5.50. The normalized spacial score (nSPS) is 15.7. The van der Waals surface area contributed by atoms with Gasteiger partial charge in [0.1, 0.15) is 0 Å². The van der Waals surface area contributed by atoms with Gasteiger partial charge in [-0.2, -0.15) is 0 Å². The van der Waals surface area contributed by atoms with Gasteiger partial charge in [-0.1, -0.05) is 13.8 Å².